The van der Waals surface area contributed by atoms with Crippen LogP contribution in [0.2, 0.25) is 0 Å². The lowest BCUT2D eigenvalue weighted by Crippen LogP contribution is -2.45. The number of rotatable bonds is 5. The third-order valence-corrected chi connectivity index (χ3v) is 2.85. The van der Waals surface area contributed by atoms with Gasteiger partial charge in [0, 0.05) is 12.3 Å². The Hall–Kier alpha value is -1.32. The molecule has 4 heteroatoms. The van der Waals surface area contributed by atoms with Crippen molar-refractivity contribution in [2.24, 2.45) is 5.92 Å². The maximum atomic E-state index is 11.7. The molecule has 1 aliphatic rings. The predicted molar refractivity (Wildman–Crippen MR) is 60.7 cm³/mol. The van der Waals surface area contributed by atoms with Gasteiger partial charge in [0.1, 0.15) is 5.54 Å². The van der Waals surface area contributed by atoms with Crippen LogP contribution in [0.1, 0.15) is 33.1 Å². The summed E-state index contributed by atoms with van der Waals surface area (Å²) in [6.07, 6.45) is 5.93. The Labute approximate surface area is 96.0 Å². The monoisotopic (exact) mass is 225 g/mol. The molecule has 0 heterocycles. The molecule has 0 aromatic heterocycles. The van der Waals surface area contributed by atoms with Gasteiger partial charge in [-0.05, 0) is 12.8 Å². The Balaban J connectivity index is 2.71. The molecule has 0 saturated heterocycles. The van der Waals surface area contributed by atoms with E-state index in [-0.39, 0.29) is 17.8 Å². The molecular weight excluding hydrogens is 206 g/mol. The third-order valence-electron chi connectivity index (χ3n) is 2.85. The second kappa shape index (κ2) is 5.14. The summed E-state index contributed by atoms with van der Waals surface area (Å²) in [5.41, 5.74) is -0.798. The molecule has 90 valence electrons. The first-order valence-corrected chi connectivity index (χ1v) is 5.66. The van der Waals surface area contributed by atoms with Crippen LogP contribution in [-0.4, -0.2) is 24.5 Å². The minimum Gasteiger partial charge on any atom is -0.467 e. The number of carbonyl (C=O) groups is 2. The molecule has 4 nitrogen and oxygen atoms in total. The SMILES string of the molecule is CC/C=C\C1C[C@]1(NC(=O)CC)C(=O)OC. The normalized spacial score (nSPS) is 27.8. The van der Waals surface area contributed by atoms with Gasteiger partial charge in [-0.25, -0.2) is 4.79 Å². The molecule has 0 aromatic rings. The van der Waals surface area contributed by atoms with Crippen molar-refractivity contribution in [2.75, 3.05) is 7.11 Å². The highest BCUT2D eigenvalue weighted by atomic mass is 16.5. The van der Waals surface area contributed by atoms with Crippen molar-refractivity contribution in [3.05, 3.63) is 12.2 Å². The fraction of sp³-hybridized carbons (Fsp3) is 0.667. The van der Waals surface area contributed by atoms with Crippen molar-refractivity contribution in [1.29, 1.82) is 0 Å². The molecule has 1 fully saturated rings. The quantitative estimate of drug-likeness (QED) is 0.568. The lowest BCUT2D eigenvalue weighted by molar-refractivity contribution is -0.146. The van der Waals surface area contributed by atoms with Crippen molar-refractivity contribution < 1.29 is 14.3 Å². The second-order valence-corrected chi connectivity index (χ2v) is 4.01. The first kappa shape index (κ1) is 12.7. The van der Waals surface area contributed by atoms with E-state index in [1.54, 1.807) is 6.92 Å². The van der Waals surface area contributed by atoms with Crippen molar-refractivity contribution in [2.45, 2.75) is 38.6 Å². The summed E-state index contributed by atoms with van der Waals surface area (Å²) in [5.74, 6) is -0.381. The summed E-state index contributed by atoms with van der Waals surface area (Å²) in [5, 5.41) is 2.76. The van der Waals surface area contributed by atoms with E-state index in [0.717, 1.165) is 6.42 Å². The average Bonchev–Trinajstić information content (AvgIpc) is 2.99. The fourth-order valence-corrected chi connectivity index (χ4v) is 1.77. The van der Waals surface area contributed by atoms with Gasteiger partial charge in [-0.3, -0.25) is 4.79 Å². The molecule has 0 aromatic carbocycles. The van der Waals surface area contributed by atoms with Crippen molar-refractivity contribution in [3.8, 4) is 0 Å². The topological polar surface area (TPSA) is 55.4 Å². The third kappa shape index (κ3) is 2.43. The van der Waals surface area contributed by atoms with Gasteiger partial charge in [0.05, 0.1) is 7.11 Å². The summed E-state index contributed by atoms with van der Waals surface area (Å²) >= 11 is 0. The Kier molecular flexibility index (Phi) is 4.10. The van der Waals surface area contributed by atoms with E-state index in [9.17, 15) is 9.59 Å². The lowest BCUT2D eigenvalue weighted by Gasteiger charge is -2.15. The molecule has 1 rings (SSSR count). The zero-order valence-corrected chi connectivity index (χ0v) is 10.1. The standard InChI is InChI=1S/C12H19NO3/c1-4-6-7-9-8-12(9,11(15)16-3)13-10(14)5-2/h6-7,9H,4-5,8H2,1-3H3,(H,13,14)/b7-6-/t9?,12-/m1/s1. The van der Waals surface area contributed by atoms with E-state index < -0.39 is 5.54 Å². The summed E-state index contributed by atoms with van der Waals surface area (Å²) < 4.78 is 4.75. The van der Waals surface area contributed by atoms with E-state index in [2.05, 4.69) is 5.32 Å². The minimum absolute atomic E-state index is 0.0791. The molecule has 1 saturated carbocycles. The first-order chi connectivity index (χ1) is 7.60. The van der Waals surface area contributed by atoms with Crippen LogP contribution in [0, 0.1) is 5.92 Å². The van der Waals surface area contributed by atoms with Crippen LogP contribution < -0.4 is 5.32 Å². The summed E-state index contributed by atoms with van der Waals surface area (Å²) in [6, 6.07) is 0. The maximum Gasteiger partial charge on any atom is 0.332 e. The predicted octanol–water partition coefficient (Wildman–Crippen LogP) is 1.41. The number of carbonyl (C=O) groups excluding carboxylic acids is 2. The van der Waals surface area contributed by atoms with Crippen LogP contribution in [-0.2, 0) is 14.3 Å². The van der Waals surface area contributed by atoms with E-state index in [1.165, 1.54) is 7.11 Å². The maximum absolute atomic E-state index is 11.7. The van der Waals surface area contributed by atoms with Gasteiger partial charge in [-0.15, -0.1) is 0 Å². The molecule has 16 heavy (non-hydrogen) atoms. The Morgan fingerprint density at radius 2 is 2.19 bits per heavy atom. The van der Waals surface area contributed by atoms with Gasteiger partial charge in [0.25, 0.3) is 0 Å². The molecule has 1 amide bonds. The molecule has 1 unspecified atom stereocenters. The largest absolute Gasteiger partial charge is 0.467 e. The molecule has 1 N–H and O–H groups in total. The molecule has 0 spiro atoms. The smallest absolute Gasteiger partial charge is 0.332 e. The number of nitrogens with one attached hydrogen (secondary N) is 1. The van der Waals surface area contributed by atoms with Gasteiger partial charge in [0.2, 0.25) is 5.91 Å². The molecule has 2 atom stereocenters. The van der Waals surface area contributed by atoms with Gasteiger partial charge in [-0.1, -0.05) is 26.0 Å². The molecule has 0 bridgehead atoms. The van der Waals surface area contributed by atoms with Crippen LogP contribution in [0.15, 0.2) is 12.2 Å². The molecular formula is C12H19NO3. The molecule has 0 aliphatic heterocycles. The van der Waals surface area contributed by atoms with Gasteiger partial charge in [-0.2, -0.15) is 0 Å². The summed E-state index contributed by atoms with van der Waals surface area (Å²) in [6.45, 7) is 3.79. The van der Waals surface area contributed by atoms with E-state index >= 15 is 0 Å². The highest BCUT2D eigenvalue weighted by molar-refractivity contribution is 5.91. The number of methoxy groups -OCH3 is 1. The van der Waals surface area contributed by atoms with Crippen molar-refractivity contribution >= 4 is 11.9 Å². The van der Waals surface area contributed by atoms with Crippen LogP contribution >= 0.6 is 0 Å². The summed E-state index contributed by atoms with van der Waals surface area (Å²) in [4.78, 5) is 23.0. The van der Waals surface area contributed by atoms with Gasteiger partial charge < -0.3 is 10.1 Å². The van der Waals surface area contributed by atoms with Crippen molar-refractivity contribution in [1.82, 2.24) is 5.32 Å². The Morgan fingerprint density at radius 1 is 1.50 bits per heavy atom. The number of hydrogen-bond donors (Lipinski definition) is 1. The number of amides is 1. The highest BCUT2D eigenvalue weighted by Crippen LogP contribution is 2.45. The van der Waals surface area contributed by atoms with Gasteiger partial charge >= 0.3 is 5.97 Å². The number of hydrogen-bond acceptors (Lipinski definition) is 3. The number of allylic oxidation sites excluding steroid dienone is 1. The fourth-order valence-electron chi connectivity index (χ4n) is 1.77. The van der Waals surface area contributed by atoms with Crippen molar-refractivity contribution in [3.63, 3.8) is 0 Å². The minimum atomic E-state index is -0.798. The van der Waals surface area contributed by atoms with Crippen LogP contribution in [0.4, 0.5) is 0 Å². The van der Waals surface area contributed by atoms with Crippen LogP contribution in [0.25, 0.3) is 0 Å². The number of ether oxygens (including phenoxy) is 1. The zero-order chi connectivity index (χ0) is 12.2. The van der Waals surface area contributed by atoms with Crippen LogP contribution in [0.5, 0.6) is 0 Å². The second-order valence-electron chi connectivity index (χ2n) is 4.01. The molecule has 0 radical (unpaired) electrons. The highest BCUT2D eigenvalue weighted by Gasteiger charge is 2.60. The average molecular weight is 225 g/mol. The Morgan fingerprint density at radius 3 is 2.69 bits per heavy atom. The van der Waals surface area contributed by atoms with E-state index in [4.69, 9.17) is 4.74 Å². The Bertz CT molecular complexity index is 311. The molecule has 1 aliphatic carbocycles. The van der Waals surface area contributed by atoms with E-state index in [1.807, 2.05) is 19.1 Å². The number of esters is 1. The van der Waals surface area contributed by atoms with Gasteiger partial charge in [0.15, 0.2) is 0 Å². The summed E-state index contributed by atoms with van der Waals surface area (Å²) in [7, 11) is 1.35. The lowest BCUT2D eigenvalue weighted by atomic mass is 10.2. The zero-order valence-electron chi connectivity index (χ0n) is 10.1. The first-order valence-electron chi connectivity index (χ1n) is 5.66. The van der Waals surface area contributed by atoms with E-state index in [0.29, 0.717) is 12.8 Å². The van der Waals surface area contributed by atoms with Crippen LogP contribution in [0.3, 0.4) is 0 Å².